The lowest BCUT2D eigenvalue weighted by molar-refractivity contribution is -0.0270. The Hall–Kier alpha value is -3.17. The summed E-state index contributed by atoms with van der Waals surface area (Å²) in [6.45, 7) is 24.7. The number of ether oxygens (including phenoxy) is 10. The average molecular weight is 979 g/mol. The quantitative estimate of drug-likeness (QED) is 0.0370. The van der Waals surface area contributed by atoms with Crippen molar-refractivity contribution in [3.05, 3.63) is 121 Å². The summed E-state index contributed by atoms with van der Waals surface area (Å²) in [5.74, 6) is 0. The van der Waals surface area contributed by atoms with Crippen LogP contribution in [-0.2, 0) is 56.2 Å². The van der Waals surface area contributed by atoms with Crippen LogP contribution in [0.5, 0.6) is 0 Å². The maximum atomic E-state index is 6.87. The third-order valence-electron chi connectivity index (χ3n) is 11.3. The van der Waals surface area contributed by atoms with Gasteiger partial charge < -0.3 is 56.2 Å². The molecular weight excluding hydrogens is 897 g/mol. The topological polar surface area (TPSA) is 111 Å². The third kappa shape index (κ3) is 19.9. The molecule has 4 aromatic rings. The summed E-state index contributed by atoms with van der Waals surface area (Å²) in [7, 11) is -5.10. The van der Waals surface area contributed by atoms with E-state index in [9.17, 15) is 0 Å². The van der Waals surface area contributed by atoms with Gasteiger partial charge in [-0.15, -0.1) is 0 Å². The molecule has 0 saturated heterocycles. The van der Waals surface area contributed by atoms with Crippen LogP contribution < -0.4 is 20.7 Å². The molecule has 0 N–H and O–H groups in total. The summed E-state index contributed by atoms with van der Waals surface area (Å²) in [5.41, 5.74) is 0. The SMILES string of the molecule is CC(C)(C)[Si](OCCOCCOCCOCCOCCOCCOCCOCCOCCOCCOCCO[Si](c1ccccc1)(c1ccccc1)C(C)(C)C)(c1ccccc1)c1ccccc1. The minimum absolute atomic E-state index is 0.0614. The van der Waals surface area contributed by atoms with E-state index in [4.69, 9.17) is 56.2 Å². The standard InChI is InChI=1S/C54H82O12Si2/c1-53(2,3)67(49-19-11-7-12-20-49,50-21-13-8-14-22-50)65-47-45-63-43-41-61-39-37-59-35-33-57-31-29-55-27-28-56-30-32-58-34-36-60-38-40-62-42-44-64-46-48-66-68(54(4,5)6,51-23-15-9-16-24-51)52-25-17-10-18-26-52/h7-26H,27-48H2,1-6H3. The predicted octanol–water partition coefficient (Wildman–Crippen LogP) is 6.31. The highest BCUT2D eigenvalue weighted by molar-refractivity contribution is 7.00. The summed E-state index contributed by atoms with van der Waals surface area (Å²) in [6.07, 6.45) is 0. The first-order valence-electron chi connectivity index (χ1n) is 24.4. The first-order chi connectivity index (χ1) is 33.1. The zero-order valence-electron chi connectivity index (χ0n) is 42.0. The van der Waals surface area contributed by atoms with Crippen molar-refractivity contribution in [3.8, 4) is 0 Å². The van der Waals surface area contributed by atoms with E-state index < -0.39 is 16.6 Å². The molecule has 0 aliphatic heterocycles. The first-order valence-corrected chi connectivity index (χ1v) is 28.2. The van der Waals surface area contributed by atoms with Gasteiger partial charge in [0.25, 0.3) is 16.6 Å². The Bertz CT molecular complexity index is 1590. The highest BCUT2D eigenvalue weighted by Gasteiger charge is 2.51. The van der Waals surface area contributed by atoms with E-state index in [2.05, 4.69) is 163 Å². The first kappa shape index (κ1) is 57.4. The van der Waals surface area contributed by atoms with Crippen molar-refractivity contribution in [3.63, 3.8) is 0 Å². The largest absolute Gasteiger partial charge is 0.405 e. The zero-order valence-corrected chi connectivity index (χ0v) is 44.0. The van der Waals surface area contributed by atoms with Crippen molar-refractivity contribution in [1.82, 2.24) is 0 Å². The van der Waals surface area contributed by atoms with Crippen molar-refractivity contribution < 1.29 is 56.2 Å². The van der Waals surface area contributed by atoms with E-state index in [0.29, 0.717) is 145 Å². The normalized spacial score (nSPS) is 12.5. The smallest absolute Gasteiger partial charge is 0.261 e. The van der Waals surface area contributed by atoms with E-state index >= 15 is 0 Å². The lowest BCUT2D eigenvalue weighted by atomic mass is 10.2. The lowest BCUT2D eigenvalue weighted by Gasteiger charge is -2.43. The van der Waals surface area contributed by atoms with Crippen molar-refractivity contribution >= 4 is 37.4 Å². The van der Waals surface area contributed by atoms with Crippen LogP contribution >= 0.6 is 0 Å². The van der Waals surface area contributed by atoms with E-state index in [1.54, 1.807) is 0 Å². The van der Waals surface area contributed by atoms with Gasteiger partial charge in [0.2, 0.25) is 0 Å². The van der Waals surface area contributed by atoms with Gasteiger partial charge in [0.1, 0.15) is 0 Å². The van der Waals surface area contributed by atoms with Crippen LogP contribution in [0.25, 0.3) is 0 Å². The van der Waals surface area contributed by atoms with Crippen LogP contribution in [0.15, 0.2) is 121 Å². The second-order valence-electron chi connectivity index (χ2n) is 18.1. The molecule has 0 radical (unpaired) electrons. The highest BCUT2D eigenvalue weighted by Crippen LogP contribution is 2.37. The Kier molecular flexibility index (Phi) is 28.2. The van der Waals surface area contributed by atoms with Crippen LogP contribution in [0.4, 0.5) is 0 Å². The monoisotopic (exact) mass is 979 g/mol. The molecule has 0 amide bonds. The molecule has 0 spiro atoms. The van der Waals surface area contributed by atoms with E-state index in [0.717, 1.165) is 0 Å². The summed E-state index contributed by atoms with van der Waals surface area (Å²) in [4.78, 5) is 0. The number of benzene rings is 4. The van der Waals surface area contributed by atoms with E-state index in [1.807, 2.05) is 0 Å². The molecule has 0 atom stereocenters. The van der Waals surface area contributed by atoms with Gasteiger partial charge in [-0.05, 0) is 30.8 Å². The summed E-state index contributed by atoms with van der Waals surface area (Å²) in [5, 5.41) is 4.94. The molecule has 4 aromatic carbocycles. The minimum atomic E-state index is -2.55. The Morgan fingerprint density at radius 2 is 0.382 bits per heavy atom. The van der Waals surface area contributed by atoms with Gasteiger partial charge >= 0.3 is 0 Å². The van der Waals surface area contributed by atoms with Gasteiger partial charge in [-0.2, -0.15) is 0 Å². The second-order valence-corrected chi connectivity index (χ2v) is 26.8. The van der Waals surface area contributed by atoms with Gasteiger partial charge in [-0.25, -0.2) is 0 Å². The van der Waals surface area contributed by atoms with Crippen LogP contribution in [0, 0.1) is 0 Å². The molecule has 4 rings (SSSR count). The lowest BCUT2D eigenvalue weighted by Crippen LogP contribution is -2.66. The van der Waals surface area contributed by atoms with Crippen molar-refractivity contribution in [2.75, 3.05) is 145 Å². The molecule has 0 fully saturated rings. The molecule has 0 aliphatic rings. The van der Waals surface area contributed by atoms with Gasteiger partial charge in [0.05, 0.1) is 145 Å². The molecule has 0 bridgehead atoms. The average Bonchev–Trinajstić information content (AvgIpc) is 3.34. The van der Waals surface area contributed by atoms with Gasteiger partial charge in [-0.1, -0.05) is 163 Å². The number of hydrogen-bond donors (Lipinski definition) is 0. The molecule has 0 aromatic heterocycles. The maximum Gasteiger partial charge on any atom is 0.261 e. The summed E-state index contributed by atoms with van der Waals surface area (Å²) >= 11 is 0. The fraction of sp³-hybridized carbons (Fsp3) is 0.556. The minimum Gasteiger partial charge on any atom is -0.405 e. The number of rotatable bonds is 39. The second kappa shape index (κ2) is 33.4. The van der Waals surface area contributed by atoms with Crippen LogP contribution in [0.3, 0.4) is 0 Å². The molecule has 0 aliphatic carbocycles. The fourth-order valence-corrected chi connectivity index (χ4v) is 17.2. The van der Waals surface area contributed by atoms with E-state index in [1.165, 1.54) is 20.7 Å². The Balaban J connectivity index is 0.857. The Labute approximate surface area is 410 Å². The Morgan fingerprint density at radius 1 is 0.235 bits per heavy atom. The molecule has 14 heteroatoms. The van der Waals surface area contributed by atoms with Gasteiger partial charge in [0, 0.05) is 0 Å². The van der Waals surface area contributed by atoms with Crippen molar-refractivity contribution in [2.45, 2.75) is 51.6 Å². The van der Waals surface area contributed by atoms with Crippen LogP contribution in [-0.4, -0.2) is 162 Å². The predicted molar refractivity (Wildman–Crippen MR) is 275 cm³/mol. The van der Waals surface area contributed by atoms with Crippen LogP contribution in [0.2, 0.25) is 10.1 Å². The summed E-state index contributed by atoms with van der Waals surface area (Å²) < 4.78 is 70.4. The number of hydrogen-bond acceptors (Lipinski definition) is 12. The summed E-state index contributed by atoms with van der Waals surface area (Å²) in [6, 6.07) is 42.6. The molecular formula is C54H82O12Si2. The molecule has 0 heterocycles. The third-order valence-corrected chi connectivity index (χ3v) is 21.4. The zero-order chi connectivity index (χ0) is 48.5. The molecule has 378 valence electrons. The van der Waals surface area contributed by atoms with Gasteiger partial charge in [0.15, 0.2) is 0 Å². The molecule has 12 nitrogen and oxygen atoms in total. The van der Waals surface area contributed by atoms with E-state index in [-0.39, 0.29) is 10.1 Å². The van der Waals surface area contributed by atoms with Crippen LogP contribution in [0.1, 0.15) is 41.5 Å². The molecule has 0 unspecified atom stereocenters. The van der Waals surface area contributed by atoms with Crippen molar-refractivity contribution in [1.29, 1.82) is 0 Å². The maximum absolute atomic E-state index is 6.87. The Morgan fingerprint density at radius 3 is 0.529 bits per heavy atom. The molecule has 0 saturated carbocycles. The highest BCUT2D eigenvalue weighted by atomic mass is 28.4. The van der Waals surface area contributed by atoms with Crippen molar-refractivity contribution in [2.24, 2.45) is 0 Å². The fourth-order valence-electron chi connectivity index (χ4n) is 8.11. The van der Waals surface area contributed by atoms with Gasteiger partial charge in [-0.3, -0.25) is 0 Å². The molecule has 68 heavy (non-hydrogen) atoms.